The summed E-state index contributed by atoms with van der Waals surface area (Å²) in [5.74, 6) is -0.133. The molecule has 3 amide bonds. The van der Waals surface area contributed by atoms with E-state index in [4.69, 9.17) is 33.2 Å². The van der Waals surface area contributed by atoms with Gasteiger partial charge in [0, 0.05) is 32.2 Å². The van der Waals surface area contributed by atoms with Gasteiger partial charge in [0.1, 0.15) is 29.9 Å². The minimum absolute atomic E-state index is 0.00407. The number of ether oxygens (including phenoxy) is 7. The lowest BCUT2D eigenvalue weighted by Crippen LogP contribution is -2.57. The molecule has 0 aliphatic carbocycles. The van der Waals surface area contributed by atoms with Gasteiger partial charge in [0.2, 0.25) is 11.8 Å². The molecule has 0 aromatic heterocycles. The van der Waals surface area contributed by atoms with Gasteiger partial charge in [0.15, 0.2) is 17.4 Å². The molecule has 5 aromatic rings. The van der Waals surface area contributed by atoms with E-state index < -0.39 is 77.3 Å². The number of phenols is 1. The quantitative estimate of drug-likeness (QED) is 0.0491. The minimum atomic E-state index is -2.16. The van der Waals surface area contributed by atoms with Crippen LogP contribution in [0, 0.1) is 23.7 Å². The van der Waals surface area contributed by atoms with Crippen molar-refractivity contribution in [2.45, 2.75) is 49.0 Å². The van der Waals surface area contributed by atoms with Gasteiger partial charge in [0.25, 0.3) is 0 Å². The third kappa shape index (κ3) is 8.76. The number of morpholine rings is 1. The summed E-state index contributed by atoms with van der Waals surface area (Å²) in [4.78, 5) is 92.9. The summed E-state index contributed by atoms with van der Waals surface area (Å²) >= 11 is 0. The van der Waals surface area contributed by atoms with Crippen LogP contribution in [0.1, 0.15) is 63.6 Å². The molecule has 6 atom stereocenters. The number of aromatic hydroxyl groups is 1. The molecule has 4 aliphatic heterocycles. The van der Waals surface area contributed by atoms with Crippen molar-refractivity contribution in [3.8, 4) is 29.1 Å². The van der Waals surface area contributed by atoms with Gasteiger partial charge in [-0.25, -0.2) is 9.69 Å². The van der Waals surface area contributed by atoms with E-state index in [2.05, 4.69) is 11.8 Å². The SMILES string of the molecule is COCCOC(=O)N1C(=O)C2(c3cc(C#CCC(C(=O)OC)C(=O)OC)ccc31)C(C(=O)N1CCc3cc(OC)c(OC)cc3C1)C1C(=O)OC(c3ccccc3)C(c3ccccc3)N1C2c1ccc(O)cc1. The molecule has 9 rings (SSSR count). The van der Waals surface area contributed by atoms with Crippen LogP contribution in [0.4, 0.5) is 10.5 Å². The zero-order chi connectivity index (χ0) is 51.6. The highest BCUT2D eigenvalue weighted by atomic mass is 16.6. The molecular weight excluding hydrogens is 939 g/mol. The van der Waals surface area contributed by atoms with Gasteiger partial charge in [0.05, 0.1) is 58.7 Å². The molecule has 1 N–H and O–H groups in total. The Morgan fingerprint density at radius 1 is 0.753 bits per heavy atom. The highest BCUT2D eigenvalue weighted by Gasteiger charge is 2.76. The number of methoxy groups -OCH3 is 5. The van der Waals surface area contributed by atoms with Crippen LogP contribution in [0.25, 0.3) is 0 Å². The fourth-order valence-electron chi connectivity index (χ4n) is 10.9. The van der Waals surface area contributed by atoms with Crippen molar-refractivity contribution in [1.29, 1.82) is 0 Å². The number of benzene rings is 5. The monoisotopic (exact) mass is 991 g/mol. The van der Waals surface area contributed by atoms with E-state index in [1.54, 1.807) is 42.3 Å². The molecule has 0 bridgehead atoms. The van der Waals surface area contributed by atoms with Crippen LogP contribution < -0.4 is 14.4 Å². The van der Waals surface area contributed by atoms with Crippen molar-refractivity contribution in [2.24, 2.45) is 11.8 Å². The van der Waals surface area contributed by atoms with Crippen LogP contribution in [0.5, 0.6) is 17.2 Å². The molecule has 1 spiro atoms. The van der Waals surface area contributed by atoms with Crippen LogP contribution in [0.2, 0.25) is 0 Å². The minimum Gasteiger partial charge on any atom is -0.508 e. The third-order valence-electron chi connectivity index (χ3n) is 14.2. The zero-order valence-corrected chi connectivity index (χ0v) is 40.8. The summed E-state index contributed by atoms with van der Waals surface area (Å²) in [5.41, 5.74) is 1.76. The van der Waals surface area contributed by atoms with E-state index in [0.29, 0.717) is 34.6 Å². The predicted octanol–water partition coefficient (Wildman–Crippen LogP) is 6.15. The van der Waals surface area contributed by atoms with Crippen LogP contribution in [0.15, 0.2) is 115 Å². The lowest BCUT2D eigenvalue weighted by atomic mass is 9.64. The van der Waals surface area contributed by atoms with Crippen molar-refractivity contribution in [1.82, 2.24) is 9.80 Å². The largest absolute Gasteiger partial charge is 0.508 e. The first kappa shape index (κ1) is 49.8. The van der Waals surface area contributed by atoms with E-state index in [-0.39, 0.29) is 55.3 Å². The lowest BCUT2D eigenvalue weighted by Gasteiger charge is -2.46. The number of carbonyl (C=O) groups is 6. The van der Waals surface area contributed by atoms with E-state index in [1.807, 2.05) is 71.6 Å². The second kappa shape index (κ2) is 20.9. The second-order valence-electron chi connectivity index (χ2n) is 17.9. The molecule has 17 nitrogen and oxygen atoms in total. The van der Waals surface area contributed by atoms with E-state index in [0.717, 1.165) is 30.2 Å². The lowest BCUT2D eigenvalue weighted by molar-refractivity contribution is -0.179. The molecule has 6 unspecified atom stereocenters. The van der Waals surface area contributed by atoms with Crippen LogP contribution >= 0.6 is 0 Å². The highest BCUT2D eigenvalue weighted by Crippen LogP contribution is 2.66. The summed E-state index contributed by atoms with van der Waals surface area (Å²) in [6, 6.07) is 29.5. The molecule has 73 heavy (non-hydrogen) atoms. The van der Waals surface area contributed by atoms with E-state index >= 15 is 14.4 Å². The molecule has 4 heterocycles. The van der Waals surface area contributed by atoms with Crippen molar-refractivity contribution < 1.29 is 67.0 Å². The number of imide groups is 1. The summed E-state index contributed by atoms with van der Waals surface area (Å²) < 4.78 is 38.5. The Labute approximate surface area is 421 Å². The number of hydrogen-bond acceptors (Lipinski definition) is 15. The van der Waals surface area contributed by atoms with Crippen LogP contribution in [-0.4, -0.2) is 112 Å². The van der Waals surface area contributed by atoms with E-state index in [1.165, 1.54) is 32.4 Å². The number of cyclic esters (lactones) is 1. The summed E-state index contributed by atoms with van der Waals surface area (Å²) in [6.07, 6.45) is -1.96. The van der Waals surface area contributed by atoms with Gasteiger partial charge in [-0.1, -0.05) is 84.6 Å². The maximum Gasteiger partial charge on any atom is 0.421 e. The van der Waals surface area contributed by atoms with Crippen molar-refractivity contribution in [3.63, 3.8) is 0 Å². The number of hydrogen-bond donors (Lipinski definition) is 1. The molecule has 2 fully saturated rings. The number of fused-ring (bicyclic) bond motifs is 4. The number of anilines is 1. The van der Waals surface area contributed by atoms with Gasteiger partial charge < -0.3 is 43.2 Å². The number of nitrogens with zero attached hydrogens (tertiary/aromatic N) is 3. The first-order valence-corrected chi connectivity index (χ1v) is 23.6. The van der Waals surface area contributed by atoms with Crippen molar-refractivity contribution in [2.75, 3.05) is 60.2 Å². The number of amides is 3. The van der Waals surface area contributed by atoms with Gasteiger partial charge in [-0.05, 0) is 82.3 Å². The van der Waals surface area contributed by atoms with Crippen LogP contribution in [-0.2, 0) is 66.0 Å². The van der Waals surface area contributed by atoms with Gasteiger partial charge in [-0.2, -0.15) is 0 Å². The third-order valence-corrected chi connectivity index (χ3v) is 14.2. The van der Waals surface area contributed by atoms with Gasteiger partial charge in [-0.3, -0.25) is 28.9 Å². The highest BCUT2D eigenvalue weighted by molar-refractivity contribution is 6.23. The average Bonchev–Trinajstić information content (AvgIpc) is 3.88. The average molecular weight is 992 g/mol. The molecule has 5 aromatic carbocycles. The maximum absolute atomic E-state index is 16.6. The van der Waals surface area contributed by atoms with Gasteiger partial charge >= 0.3 is 24.0 Å². The first-order valence-electron chi connectivity index (χ1n) is 23.6. The van der Waals surface area contributed by atoms with Crippen molar-refractivity contribution >= 4 is 41.5 Å². The summed E-state index contributed by atoms with van der Waals surface area (Å²) in [6.45, 7) is 0.00133. The van der Waals surface area contributed by atoms with E-state index in [9.17, 15) is 19.5 Å². The molecule has 2 saturated heterocycles. The molecule has 4 aliphatic rings. The standard InChI is InChI=1S/C56H53N3O14/c1-67-27-28-72-55(66)58-42-24-19-33(13-12-18-40(51(62)70-4)52(63)71-5)29-41(42)56(54(58)65)45(50(61)57-26-25-37-30-43(68-2)44(69-3)31-38(37)32-57)47-53(64)73-48(35-16-10-7-11-17-35)46(34-14-8-6-9-15-34)59(47)49(56)36-20-22-39(60)23-21-36/h6-11,14-17,19-24,29-31,40,45-49,60H,18,25-28,32H2,1-5H3. The Morgan fingerprint density at radius 2 is 1.40 bits per heavy atom. The Morgan fingerprint density at radius 3 is 2.03 bits per heavy atom. The van der Waals surface area contributed by atoms with Crippen LogP contribution in [0.3, 0.4) is 0 Å². The molecule has 17 heteroatoms. The molecular formula is C56H53N3O14. The predicted molar refractivity (Wildman–Crippen MR) is 261 cm³/mol. The Balaban J connectivity index is 1.33. The molecule has 0 saturated carbocycles. The number of phenolic OH excluding ortho intramolecular Hbond substituents is 1. The summed E-state index contributed by atoms with van der Waals surface area (Å²) in [5, 5.41) is 10.8. The smallest absolute Gasteiger partial charge is 0.421 e. The maximum atomic E-state index is 16.6. The Bertz CT molecular complexity index is 2990. The first-order chi connectivity index (χ1) is 35.4. The van der Waals surface area contributed by atoms with Crippen molar-refractivity contribution in [3.05, 3.63) is 154 Å². The fourth-order valence-corrected chi connectivity index (χ4v) is 10.9. The number of carbonyl (C=O) groups excluding carboxylic acids is 6. The number of rotatable bonds is 12. The normalized spacial score (nSPS) is 21.8. The van der Waals surface area contributed by atoms with Gasteiger partial charge in [-0.15, -0.1) is 0 Å². The molecule has 376 valence electrons. The zero-order valence-electron chi connectivity index (χ0n) is 40.8. The number of esters is 3. The topological polar surface area (TPSA) is 197 Å². The second-order valence-corrected chi connectivity index (χ2v) is 17.9. The Hall–Kier alpha value is -8.20. The fraction of sp³-hybridized carbons (Fsp3) is 0.321. The molecule has 0 radical (unpaired) electrons. The Kier molecular flexibility index (Phi) is 14.2. The summed E-state index contributed by atoms with van der Waals surface area (Å²) in [7, 11) is 6.77.